The molecule has 0 aliphatic carbocycles. The predicted octanol–water partition coefficient (Wildman–Crippen LogP) is 5.56. The van der Waals surface area contributed by atoms with Gasteiger partial charge in [-0.25, -0.2) is 4.57 Å². The highest BCUT2D eigenvalue weighted by Gasteiger charge is 2.13. The number of rotatable bonds is 13. The maximum absolute atomic E-state index is 10.4. The Labute approximate surface area is 181 Å². The zero-order valence-corrected chi connectivity index (χ0v) is 21.7. The van der Waals surface area contributed by atoms with E-state index in [-0.39, 0.29) is 6.61 Å². The molecule has 29 heavy (non-hydrogen) atoms. The minimum absolute atomic E-state index is 0.125. The topological polar surface area (TPSA) is 73.2 Å². The fraction of sp³-hybridized carbons (Fsp3) is 0.909. The van der Waals surface area contributed by atoms with Gasteiger partial charge in [-0.2, -0.15) is 0 Å². The third kappa shape index (κ3) is 30.1. The van der Waals surface area contributed by atoms with Gasteiger partial charge in [-0.3, -0.25) is 4.52 Å². The van der Waals surface area contributed by atoms with E-state index in [4.69, 9.17) is 9.79 Å². The van der Waals surface area contributed by atoms with Crippen molar-refractivity contribution in [2.24, 2.45) is 5.92 Å². The Hall–Kier alpha value is -0.230. The summed E-state index contributed by atoms with van der Waals surface area (Å²) in [6, 6.07) is 0. The molecule has 6 nitrogen and oxygen atoms in total. The van der Waals surface area contributed by atoms with Crippen molar-refractivity contribution in [2.75, 3.05) is 45.9 Å². The van der Waals surface area contributed by atoms with Gasteiger partial charge >= 0.3 is 7.82 Å². The van der Waals surface area contributed by atoms with Crippen molar-refractivity contribution in [3.63, 3.8) is 0 Å². The molecule has 0 aromatic carbocycles. The van der Waals surface area contributed by atoms with Gasteiger partial charge in [-0.1, -0.05) is 60.1 Å². The van der Waals surface area contributed by atoms with E-state index in [0.29, 0.717) is 12.3 Å². The van der Waals surface area contributed by atoms with Gasteiger partial charge in [-0.15, -0.1) is 0 Å². The highest BCUT2D eigenvalue weighted by molar-refractivity contribution is 7.46. The summed E-state index contributed by atoms with van der Waals surface area (Å²) in [4.78, 5) is 21.7. The second-order valence-corrected chi connectivity index (χ2v) is 8.55. The van der Waals surface area contributed by atoms with Crippen LogP contribution in [0.2, 0.25) is 0 Å². The number of nitrogens with zero attached hydrogens (tertiary/aromatic N) is 2. The molecule has 0 amide bonds. The van der Waals surface area contributed by atoms with Gasteiger partial charge in [0, 0.05) is 0 Å². The Kier molecular flexibility index (Phi) is 25.9. The summed E-state index contributed by atoms with van der Waals surface area (Å²) in [6.07, 6.45) is 4.89. The van der Waals surface area contributed by atoms with Gasteiger partial charge in [0.15, 0.2) is 0 Å². The van der Waals surface area contributed by atoms with Crippen LogP contribution in [-0.4, -0.2) is 65.5 Å². The molecule has 2 N–H and O–H groups in total. The molecule has 0 saturated carbocycles. The molecule has 0 aliphatic heterocycles. The van der Waals surface area contributed by atoms with Gasteiger partial charge in [0.05, 0.1) is 6.61 Å². The standard InChI is InChI=1S/C10H21O4P.2C6H15N/c1-9(2)5-4-6-10(3)7-8-14-15(11,12)13;2*1-4-7(5-2)6-3/h5,10H,4,6-8H2,1-3H3,(H2,11,12,13);2*4-6H2,1-3H3. The first kappa shape index (κ1) is 33.4. The zero-order chi connectivity index (χ0) is 23.3. The van der Waals surface area contributed by atoms with Gasteiger partial charge in [0.2, 0.25) is 0 Å². The molecule has 0 heterocycles. The first-order valence-electron chi connectivity index (χ1n) is 11.3. The van der Waals surface area contributed by atoms with Crippen molar-refractivity contribution in [3.05, 3.63) is 11.6 Å². The van der Waals surface area contributed by atoms with Crippen LogP contribution in [-0.2, 0) is 9.09 Å². The van der Waals surface area contributed by atoms with Gasteiger partial charge in [0.1, 0.15) is 0 Å². The third-order valence-electron chi connectivity index (χ3n) is 4.77. The molecule has 1 unspecified atom stereocenters. The van der Waals surface area contributed by atoms with E-state index in [0.717, 1.165) is 12.8 Å². The van der Waals surface area contributed by atoms with Gasteiger partial charge in [-0.05, 0) is 78.3 Å². The predicted molar refractivity (Wildman–Crippen MR) is 127 cm³/mol. The Morgan fingerprint density at radius 3 is 1.48 bits per heavy atom. The van der Waals surface area contributed by atoms with E-state index >= 15 is 0 Å². The van der Waals surface area contributed by atoms with Crippen LogP contribution in [0.5, 0.6) is 0 Å². The number of hydrogen-bond donors (Lipinski definition) is 2. The Balaban J connectivity index is -0.000000402. The van der Waals surface area contributed by atoms with E-state index in [1.807, 2.05) is 0 Å². The van der Waals surface area contributed by atoms with Crippen LogP contribution in [0, 0.1) is 5.92 Å². The Bertz CT molecular complexity index is 379. The van der Waals surface area contributed by atoms with Crippen molar-refractivity contribution in [1.82, 2.24) is 9.80 Å². The SMILES string of the molecule is CC(C)=CCCC(C)CCOP(=O)(O)O.CCN(CC)CC.CCN(CC)CC. The number of phosphoric acid groups is 1. The van der Waals surface area contributed by atoms with Crippen molar-refractivity contribution in [2.45, 2.75) is 81.6 Å². The van der Waals surface area contributed by atoms with E-state index in [1.54, 1.807) is 0 Å². The van der Waals surface area contributed by atoms with E-state index in [2.05, 4.69) is 82.7 Å². The number of allylic oxidation sites excluding steroid dienone is 2. The average molecular weight is 439 g/mol. The molecule has 0 bridgehead atoms. The second kappa shape index (κ2) is 22.5. The van der Waals surface area contributed by atoms with Crippen LogP contribution in [0.15, 0.2) is 11.6 Å². The van der Waals surface area contributed by atoms with Crippen molar-refractivity contribution in [1.29, 1.82) is 0 Å². The lowest BCUT2D eigenvalue weighted by atomic mass is 10.0. The summed E-state index contributed by atoms with van der Waals surface area (Å²) >= 11 is 0. The van der Waals surface area contributed by atoms with Crippen LogP contribution < -0.4 is 0 Å². The summed E-state index contributed by atoms with van der Waals surface area (Å²) in [5.41, 5.74) is 1.30. The van der Waals surface area contributed by atoms with Crippen LogP contribution >= 0.6 is 7.82 Å². The largest absolute Gasteiger partial charge is 0.469 e. The van der Waals surface area contributed by atoms with E-state index in [9.17, 15) is 4.57 Å². The van der Waals surface area contributed by atoms with Gasteiger partial charge in [0.25, 0.3) is 0 Å². The van der Waals surface area contributed by atoms with Gasteiger partial charge < -0.3 is 19.6 Å². The summed E-state index contributed by atoms with van der Waals surface area (Å²) in [6.45, 7) is 26.5. The van der Waals surface area contributed by atoms with Crippen LogP contribution in [0.1, 0.15) is 81.6 Å². The molecule has 0 spiro atoms. The number of phosphoric ester groups is 1. The molecule has 7 heteroatoms. The molecular formula is C22H51N2O4P. The summed E-state index contributed by atoms with van der Waals surface area (Å²) in [5.74, 6) is 0.423. The molecule has 0 aromatic heterocycles. The highest BCUT2D eigenvalue weighted by atomic mass is 31.2. The molecule has 0 saturated heterocycles. The summed E-state index contributed by atoms with van der Waals surface area (Å²) in [7, 11) is -4.28. The normalized spacial score (nSPS) is 12.0. The molecule has 0 fully saturated rings. The van der Waals surface area contributed by atoms with Crippen molar-refractivity contribution < 1.29 is 18.9 Å². The summed E-state index contributed by atoms with van der Waals surface area (Å²) < 4.78 is 14.8. The molecular weight excluding hydrogens is 387 g/mol. The minimum Gasteiger partial charge on any atom is -0.304 e. The molecule has 0 aromatic rings. The smallest absolute Gasteiger partial charge is 0.304 e. The van der Waals surface area contributed by atoms with Crippen molar-refractivity contribution in [3.8, 4) is 0 Å². The Morgan fingerprint density at radius 1 is 0.862 bits per heavy atom. The van der Waals surface area contributed by atoms with E-state index in [1.165, 1.54) is 44.8 Å². The van der Waals surface area contributed by atoms with Crippen LogP contribution in [0.3, 0.4) is 0 Å². The second-order valence-electron chi connectivity index (χ2n) is 7.32. The van der Waals surface area contributed by atoms with Crippen molar-refractivity contribution >= 4 is 7.82 Å². The molecule has 178 valence electrons. The first-order chi connectivity index (χ1) is 13.5. The fourth-order valence-corrected chi connectivity index (χ4v) is 2.86. The minimum atomic E-state index is -4.28. The monoisotopic (exact) mass is 438 g/mol. The van der Waals surface area contributed by atoms with Crippen LogP contribution in [0.25, 0.3) is 0 Å². The quantitative estimate of drug-likeness (QED) is 0.289. The lowest BCUT2D eigenvalue weighted by molar-refractivity contribution is 0.185. The lowest BCUT2D eigenvalue weighted by Crippen LogP contribution is -2.21. The molecule has 0 rings (SSSR count). The third-order valence-corrected chi connectivity index (χ3v) is 5.28. The lowest BCUT2D eigenvalue weighted by Gasteiger charge is -2.13. The highest BCUT2D eigenvalue weighted by Crippen LogP contribution is 2.36. The first-order valence-corrected chi connectivity index (χ1v) is 12.8. The molecule has 0 aliphatic rings. The summed E-state index contributed by atoms with van der Waals surface area (Å²) in [5, 5.41) is 0. The zero-order valence-electron chi connectivity index (χ0n) is 20.8. The van der Waals surface area contributed by atoms with E-state index < -0.39 is 7.82 Å². The Morgan fingerprint density at radius 2 is 1.24 bits per heavy atom. The maximum atomic E-state index is 10.4. The average Bonchev–Trinajstić information content (AvgIpc) is 2.64. The number of hydrogen-bond acceptors (Lipinski definition) is 4. The molecule has 1 atom stereocenters. The fourth-order valence-electron chi connectivity index (χ4n) is 2.52. The maximum Gasteiger partial charge on any atom is 0.469 e. The van der Waals surface area contributed by atoms with Crippen LogP contribution in [0.4, 0.5) is 0 Å². The molecule has 0 radical (unpaired) electrons.